The Morgan fingerprint density at radius 3 is 2.51 bits per heavy atom. The highest BCUT2D eigenvalue weighted by molar-refractivity contribution is 7.23. The van der Waals surface area contributed by atoms with Crippen LogP contribution in [0.3, 0.4) is 0 Å². The number of piperazine rings is 1. The van der Waals surface area contributed by atoms with Crippen LogP contribution in [-0.4, -0.2) is 99.2 Å². The smallest absolute Gasteiger partial charge is 0.412 e. The maximum absolute atomic E-state index is 17.7. The molecule has 12 nitrogen and oxygen atoms in total. The molecule has 0 aliphatic carbocycles. The molecule has 6 atom stereocenters. The third-order valence-electron chi connectivity index (χ3n) is 12.8. The van der Waals surface area contributed by atoms with Crippen LogP contribution in [0.4, 0.5) is 38.0 Å². The number of thiophene rings is 1. The maximum Gasteiger partial charge on any atom is 0.412 e. The lowest BCUT2D eigenvalue weighted by Gasteiger charge is -2.49. The van der Waals surface area contributed by atoms with Gasteiger partial charge in [-0.05, 0) is 97.7 Å². The highest BCUT2D eigenvalue weighted by atomic mass is 32.1. The Kier molecular flexibility index (Phi) is 9.89. The molecule has 5 aliphatic rings. The molecule has 61 heavy (non-hydrogen) atoms. The van der Waals surface area contributed by atoms with E-state index < -0.39 is 58.1 Å². The predicted octanol–water partition coefficient (Wildman–Crippen LogP) is 9.25. The summed E-state index contributed by atoms with van der Waals surface area (Å²) in [6.07, 6.45) is 0.992. The monoisotopic (exact) mass is 863 g/mol. The van der Waals surface area contributed by atoms with Crippen molar-refractivity contribution in [2.75, 3.05) is 36.5 Å². The predicted molar refractivity (Wildman–Crippen MR) is 222 cm³/mol. The van der Waals surface area contributed by atoms with Crippen LogP contribution in [0.2, 0.25) is 0 Å². The zero-order chi connectivity index (χ0) is 43.5. The highest BCUT2D eigenvalue weighted by Gasteiger charge is 2.54. The van der Waals surface area contributed by atoms with Gasteiger partial charge in [0.2, 0.25) is 0 Å². The van der Waals surface area contributed by atoms with Crippen molar-refractivity contribution in [3.8, 4) is 23.2 Å². The Hall–Kier alpha value is -4.95. The molecule has 4 aromatic rings. The molecular formula is C44H49F4N7O5S. The number of aromatic nitrogens is 2. The first-order valence-corrected chi connectivity index (χ1v) is 21.8. The summed E-state index contributed by atoms with van der Waals surface area (Å²) in [4.78, 5) is 42.1. The Bertz CT molecular complexity index is 2530. The molecule has 2 amide bonds. The van der Waals surface area contributed by atoms with Crippen molar-refractivity contribution in [2.45, 2.75) is 128 Å². The van der Waals surface area contributed by atoms with Gasteiger partial charge < -0.3 is 19.1 Å². The molecule has 4 fully saturated rings. The number of benzene rings is 2. The van der Waals surface area contributed by atoms with E-state index in [4.69, 9.17) is 19.2 Å². The van der Waals surface area contributed by atoms with E-state index in [1.165, 1.54) is 6.07 Å². The van der Waals surface area contributed by atoms with Gasteiger partial charge in [-0.3, -0.25) is 15.1 Å². The fraction of sp³-hybridized carbons (Fsp3) is 0.568. The molecule has 0 saturated carbocycles. The van der Waals surface area contributed by atoms with Crippen LogP contribution in [0.15, 0.2) is 12.1 Å². The number of anilines is 2. The average Bonchev–Trinajstić information content (AvgIpc) is 3.88. The van der Waals surface area contributed by atoms with E-state index in [0.717, 1.165) is 30.4 Å². The molecule has 2 aromatic carbocycles. The summed E-state index contributed by atoms with van der Waals surface area (Å²) in [5.41, 5.74) is -3.11. The Balaban J connectivity index is 1.22. The second kappa shape index (κ2) is 14.6. The van der Waals surface area contributed by atoms with Crippen molar-refractivity contribution in [3.05, 3.63) is 40.7 Å². The Labute approximate surface area is 355 Å². The minimum atomic E-state index is -1.07. The molecule has 4 saturated heterocycles. The number of carbonyl (C=O) groups is 2. The van der Waals surface area contributed by atoms with Crippen molar-refractivity contribution < 1.29 is 41.4 Å². The molecular weight excluding hydrogens is 815 g/mol. The summed E-state index contributed by atoms with van der Waals surface area (Å²) in [6, 6.07) is 3.17. The van der Waals surface area contributed by atoms with Gasteiger partial charge in [0.1, 0.15) is 58.0 Å². The van der Waals surface area contributed by atoms with Gasteiger partial charge in [0.05, 0.1) is 44.9 Å². The number of hydrogen-bond donors (Lipinski definition) is 1. The quantitative estimate of drug-likeness (QED) is 0.194. The minimum absolute atomic E-state index is 0.0454. The lowest BCUT2D eigenvalue weighted by molar-refractivity contribution is 0.00487. The first-order valence-electron chi connectivity index (χ1n) is 20.9. The van der Waals surface area contributed by atoms with Crippen LogP contribution in [-0.2, 0) is 15.9 Å². The van der Waals surface area contributed by atoms with E-state index in [1.54, 1.807) is 25.7 Å². The lowest BCUT2D eigenvalue weighted by atomic mass is 9.86. The van der Waals surface area contributed by atoms with Crippen LogP contribution in [0.5, 0.6) is 6.01 Å². The molecule has 0 spiro atoms. The number of hydrogen-bond acceptors (Lipinski definition) is 11. The highest BCUT2D eigenvalue weighted by Crippen LogP contribution is 2.50. The summed E-state index contributed by atoms with van der Waals surface area (Å²) in [7, 11) is 0. The van der Waals surface area contributed by atoms with Gasteiger partial charge in [0.15, 0.2) is 5.82 Å². The van der Waals surface area contributed by atoms with Gasteiger partial charge in [-0.15, -0.1) is 11.3 Å². The van der Waals surface area contributed by atoms with E-state index in [2.05, 4.69) is 15.2 Å². The van der Waals surface area contributed by atoms with Gasteiger partial charge in [-0.25, -0.2) is 27.2 Å². The van der Waals surface area contributed by atoms with Crippen LogP contribution in [0.1, 0.15) is 91.7 Å². The van der Waals surface area contributed by atoms with Gasteiger partial charge in [-0.1, -0.05) is 13.0 Å². The van der Waals surface area contributed by atoms with E-state index in [1.807, 2.05) is 38.7 Å². The van der Waals surface area contributed by atoms with Crippen LogP contribution in [0.25, 0.3) is 32.1 Å². The van der Waals surface area contributed by atoms with Gasteiger partial charge in [-0.2, -0.15) is 15.2 Å². The van der Waals surface area contributed by atoms with Crippen LogP contribution in [0, 0.1) is 34.7 Å². The summed E-state index contributed by atoms with van der Waals surface area (Å²) in [5, 5.41) is 13.0. The maximum atomic E-state index is 17.7. The van der Waals surface area contributed by atoms with Gasteiger partial charge in [0, 0.05) is 30.5 Å². The van der Waals surface area contributed by atoms with Crippen LogP contribution < -0.4 is 15.0 Å². The first-order chi connectivity index (χ1) is 28.8. The molecule has 2 aromatic heterocycles. The number of nitriles is 1. The largest absolute Gasteiger partial charge is 0.461 e. The molecule has 0 unspecified atom stereocenters. The Morgan fingerprint density at radius 1 is 1.03 bits per heavy atom. The summed E-state index contributed by atoms with van der Waals surface area (Å²) < 4.78 is 83.5. The number of alkyl halides is 1. The van der Waals surface area contributed by atoms with E-state index >= 15 is 13.2 Å². The first kappa shape index (κ1) is 41.4. The number of ether oxygens (including phenoxy) is 3. The topological polar surface area (TPSA) is 133 Å². The second-order valence-electron chi connectivity index (χ2n) is 19.3. The van der Waals surface area contributed by atoms with Crippen molar-refractivity contribution in [2.24, 2.45) is 5.92 Å². The lowest BCUT2D eigenvalue weighted by Crippen LogP contribution is -2.63. The average molecular weight is 864 g/mol. The third-order valence-corrected chi connectivity index (χ3v) is 13.9. The minimum Gasteiger partial charge on any atom is -0.461 e. The number of fused-ring (bicyclic) bond motifs is 7. The van der Waals surface area contributed by atoms with Crippen molar-refractivity contribution >= 4 is 55.3 Å². The van der Waals surface area contributed by atoms with E-state index in [0.29, 0.717) is 32.4 Å². The SMILES string of the molecule is C[C@H]1Cc2c(F)c(-c3ccc(F)c4sc(NC(=O)OC(C)(C)C)c(C#N)c34)c(F)c3nc(OC[C@@]45CCCN4C[C@H](F)C5)nc(c23)N2C[C@H]3CC[C@@H]([C@H]12)N3C(=O)OC(C)(C)C. The third kappa shape index (κ3) is 6.97. The molecule has 9 rings (SSSR count). The molecule has 0 radical (unpaired) electrons. The van der Waals surface area contributed by atoms with Crippen molar-refractivity contribution in [1.82, 2.24) is 19.8 Å². The molecule has 2 bridgehead atoms. The number of amides is 2. The fourth-order valence-electron chi connectivity index (χ4n) is 10.6. The Morgan fingerprint density at radius 2 is 1.79 bits per heavy atom. The molecule has 7 heterocycles. The van der Waals surface area contributed by atoms with E-state index in [9.17, 15) is 19.2 Å². The summed E-state index contributed by atoms with van der Waals surface area (Å²) in [5.74, 6) is -2.79. The van der Waals surface area contributed by atoms with Crippen molar-refractivity contribution in [3.63, 3.8) is 0 Å². The summed E-state index contributed by atoms with van der Waals surface area (Å²) >= 11 is 0.755. The van der Waals surface area contributed by atoms with E-state index in [-0.39, 0.29) is 98.0 Å². The number of halogens is 4. The fourth-order valence-corrected chi connectivity index (χ4v) is 11.7. The number of rotatable bonds is 5. The number of nitrogens with zero attached hydrogens (tertiary/aromatic N) is 6. The normalized spacial score (nSPS) is 26.0. The number of carbonyl (C=O) groups excluding carboxylic acids is 2. The molecule has 5 aliphatic heterocycles. The summed E-state index contributed by atoms with van der Waals surface area (Å²) in [6.45, 7) is 13.8. The van der Waals surface area contributed by atoms with Gasteiger partial charge in [0.25, 0.3) is 0 Å². The molecule has 17 heteroatoms. The standard InChI is InChI=1S/C44H49F4N7O5S/c1-21-15-25-31-34(33(48)30(32(25)47)24-10-11-27(46)36-29(24)26(17-49)38(61-36)52-40(56)59-42(2,3)4)50-39(58-20-44-13-8-14-53(44)18-22(45)16-44)51-37(31)54-19-23-9-12-28(35(21)54)55(23)41(57)60-43(5,6)7/h10-11,21-23,28,35H,8-9,12-16,18-20H2,1-7H3,(H,52,56)/t21-,22+,23+,28-,35-,44-/m0/s1. The van der Waals surface area contributed by atoms with Crippen LogP contribution >= 0.6 is 11.3 Å². The molecule has 1 N–H and O–H groups in total. The van der Waals surface area contributed by atoms with Gasteiger partial charge >= 0.3 is 18.2 Å². The zero-order valence-corrected chi connectivity index (χ0v) is 36.1. The van der Waals surface area contributed by atoms with Crippen molar-refractivity contribution in [1.29, 1.82) is 5.26 Å². The second-order valence-corrected chi connectivity index (χ2v) is 20.3. The molecule has 324 valence electrons. The number of nitrogens with one attached hydrogen (secondary N) is 1. The zero-order valence-electron chi connectivity index (χ0n) is 35.3.